The molecule has 112 valence electrons. The Balaban J connectivity index is 2.27. The smallest absolute Gasteiger partial charge is 0.303 e. The van der Waals surface area contributed by atoms with E-state index in [-0.39, 0.29) is 12.3 Å². The van der Waals surface area contributed by atoms with E-state index in [0.29, 0.717) is 17.4 Å². The molecule has 0 fully saturated rings. The highest BCUT2D eigenvalue weighted by atomic mass is 79.9. The standard InChI is InChI=1S/C13H14BrClN4O2/c1-2-8(5-12(20)21)7-19-13(16-17-18-19)10-4-3-9(15)6-11(10)14/h3-4,6,8H,2,5,7H2,1H3,(H,20,21). The Hall–Kier alpha value is -1.47. The molecule has 1 aromatic heterocycles. The Kier molecular flexibility index (Phi) is 5.30. The highest BCUT2D eigenvalue weighted by molar-refractivity contribution is 9.10. The van der Waals surface area contributed by atoms with Crippen molar-refractivity contribution in [2.75, 3.05) is 0 Å². The normalized spacial score (nSPS) is 12.3. The van der Waals surface area contributed by atoms with Gasteiger partial charge in [-0.25, -0.2) is 4.68 Å². The van der Waals surface area contributed by atoms with Gasteiger partial charge in [0.15, 0.2) is 5.82 Å². The number of rotatable bonds is 6. The van der Waals surface area contributed by atoms with Crippen molar-refractivity contribution in [2.24, 2.45) is 5.92 Å². The summed E-state index contributed by atoms with van der Waals surface area (Å²) in [6.07, 6.45) is 0.838. The van der Waals surface area contributed by atoms with Gasteiger partial charge < -0.3 is 5.11 Å². The van der Waals surface area contributed by atoms with E-state index in [1.807, 2.05) is 13.0 Å². The number of hydrogen-bond acceptors (Lipinski definition) is 4. The predicted octanol–water partition coefficient (Wildman–Crippen LogP) is 3.26. The molecule has 0 saturated heterocycles. The maximum atomic E-state index is 10.9. The number of aliphatic carboxylic acids is 1. The third kappa shape index (κ3) is 4.01. The predicted molar refractivity (Wildman–Crippen MR) is 82.0 cm³/mol. The van der Waals surface area contributed by atoms with Gasteiger partial charge in [-0.1, -0.05) is 24.9 Å². The molecular weight excluding hydrogens is 360 g/mol. The second-order valence-corrected chi connectivity index (χ2v) is 5.97. The van der Waals surface area contributed by atoms with E-state index in [1.165, 1.54) is 0 Å². The van der Waals surface area contributed by atoms with Crippen molar-refractivity contribution in [2.45, 2.75) is 26.3 Å². The van der Waals surface area contributed by atoms with Gasteiger partial charge >= 0.3 is 5.97 Å². The number of benzene rings is 1. The van der Waals surface area contributed by atoms with Crippen molar-refractivity contribution < 1.29 is 9.90 Å². The molecule has 1 N–H and O–H groups in total. The Morgan fingerprint density at radius 2 is 2.29 bits per heavy atom. The number of nitrogens with zero attached hydrogens (tertiary/aromatic N) is 4. The molecule has 0 aliphatic rings. The van der Waals surface area contributed by atoms with Crippen LogP contribution in [0.4, 0.5) is 0 Å². The molecule has 1 aromatic carbocycles. The number of carboxylic acids is 1. The molecule has 0 bridgehead atoms. The maximum Gasteiger partial charge on any atom is 0.303 e. The maximum absolute atomic E-state index is 10.9. The third-order valence-electron chi connectivity index (χ3n) is 3.18. The molecule has 2 rings (SSSR count). The first-order chi connectivity index (χ1) is 10.0. The first kappa shape index (κ1) is 15.9. The SMILES string of the molecule is CCC(CC(=O)O)Cn1nnnc1-c1ccc(Cl)cc1Br. The fourth-order valence-electron chi connectivity index (χ4n) is 2.02. The number of tetrazole rings is 1. The molecule has 2 aromatic rings. The van der Waals surface area contributed by atoms with Crippen LogP contribution in [0.15, 0.2) is 22.7 Å². The Morgan fingerprint density at radius 1 is 1.52 bits per heavy atom. The molecule has 0 aliphatic heterocycles. The molecule has 1 atom stereocenters. The minimum atomic E-state index is -0.816. The van der Waals surface area contributed by atoms with Gasteiger partial charge in [-0.15, -0.1) is 5.10 Å². The average molecular weight is 374 g/mol. The lowest BCUT2D eigenvalue weighted by Crippen LogP contribution is -2.16. The van der Waals surface area contributed by atoms with E-state index in [0.717, 1.165) is 16.5 Å². The molecular formula is C13H14BrClN4O2. The molecule has 0 aliphatic carbocycles. The van der Waals surface area contributed by atoms with Crippen LogP contribution in [0.3, 0.4) is 0 Å². The van der Waals surface area contributed by atoms with Crippen molar-refractivity contribution in [3.05, 3.63) is 27.7 Å². The molecule has 6 nitrogen and oxygen atoms in total. The van der Waals surface area contributed by atoms with Crippen LogP contribution in [0.5, 0.6) is 0 Å². The Bertz CT molecular complexity index is 647. The minimum absolute atomic E-state index is 0.0178. The van der Waals surface area contributed by atoms with Crippen molar-refractivity contribution in [1.82, 2.24) is 20.2 Å². The van der Waals surface area contributed by atoms with E-state index in [9.17, 15) is 4.79 Å². The summed E-state index contributed by atoms with van der Waals surface area (Å²) >= 11 is 9.37. The second kappa shape index (κ2) is 7.00. The lowest BCUT2D eigenvalue weighted by atomic mass is 10.0. The lowest BCUT2D eigenvalue weighted by molar-refractivity contribution is -0.138. The van der Waals surface area contributed by atoms with Crippen LogP contribution in [0.25, 0.3) is 11.4 Å². The van der Waals surface area contributed by atoms with Gasteiger partial charge in [-0.05, 0) is 50.5 Å². The van der Waals surface area contributed by atoms with Crippen LogP contribution in [0.1, 0.15) is 19.8 Å². The van der Waals surface area contributed by atoms with Gasteiger partial charge in [0, 0.05) is 28.0 Å². The molecule has 1 heterocycles. The largest absolute Gasteiger partial charge is 0.481 e. The van der Waals surface area contributed by atoms with Crippen LogP contribution < -0.4 is 0 Å². The number of aromatic nitrogens is 4. The topological polar surface area (TPSA) is 80.9 Å². The van der Waals surface area contributed by atoms with Crippen LogP contribution in [-0.2, 0) is 11.3 Å². The fraction of sp³-hybridized carbons (Fsp3) is 0.385. The summed E-state index contributed by atoms with van der Waals surface area (Å²) in [6, 6.07) is 5.35. The summed E-state index contributed by atoms with van der Waals surface area (Å²) in [5, 5.41) is 21.2. The van der Waals surface area contributed by atoms with Gasteiger partial charge in [0.2, 0.25) is 0 Å². The van der Waals surface area contributed by atoms with E-state index in [4.69, 9.17) is 16.7 Å². The van der Waals surface area contributed by atoms with E-state index in [1.54, 1.807) is 16.8 Å². The highest BCUT2D eigenvalue weighted by Gasteiger charge is 2.17. The Labute approximate surface area is 135 Å². The minimum Gasteiger partial charge on any atom is -0.481 e. The number of hydrogen-bond donors (Lipinski definition) is 1. The Morgan fingerprint density at radius 3 is 2.90 bits per heavy atom. The molecule has 0 saturated carbocycles. The van der Waals surface area contributed by atoms with Gasteiger partial charge in [0.1, 0.15) is 0 Å². The van der Waals surface area contributed by atoms with Crippen molar-refractivity contribution in [3.63, 3.8) is 0 Å². The number of carbonyl (C=O) groups is 1. The summed E-state index contributed by atoms with van der Waals surface area (Å²) < 4.78 is 2.42. The van der Waals surface area contributed by atoms with Gasteiger partial charge in [-0.2, -0.15) is 0 Å². The molecule has 0 spiro atoms. The summed E-state index contributed by atoms with van der Waals surface area (Å²) in [5.41, 5.74) is 0.814. The zero-order valence-electron chi connectivity index (χ0n) is 11.3. The van der Waals surface area contributed by atoms with Crippen LogP contribution in [0.2, 0.25) is 5.02 Å². The zero-order valence-corrected chi connectivity index (χ0v) is 13.7. The van der Waals surface area contributed by atoms with Crippen LogP contribution in [-0.4, -0.2) is 31.3 Å². The van der Waals surface area contributed by atoms with Crippen LogP contribution in [0, 0.1) is 5.92 Å². The van der Waals surface area contributed by atoms with Gasteiger partial charge in [0.25, 0.3) is 0 Å². The summed E-state index contributed by atoms with van der Waals surface area (Å²) in [4.78, 5) is 10.9. The van der Waals surface area contributed by atoms with Gasteiger partial charge in [0.05, 0.1) is 0 Å². The first-order valence-corrected chi connectivity index (χ1v) is 7.61. The monoisotopic (exact) mass is 372 g/mol. The van der Waals surface area contributed by atoms with E-state index < -0.39 is 5.97 Å². The second-order valence-electron chi connectivity index (χ2n) is 4.68. The molecule has 0 amide bonds. The van der Waals surface area contributed by atoms with E-state index in [2.05, 4.69) is 31.5 Å². The summed E-state index contributed by atoms with van der Waals surface area (Å²) in [6.45, 7) is 2.41. The van der Waals surface area contributed by atoms with Crippen LogP contribution >= 0.6 is 27.5 Å². The molecule has 0 radical (unpaired) electrons. The first-order valence-electron chi connectivity index (χ1n) is 6.44. The van der Waals surface area contributed by atoms with Crippen molar-refractivity contribution in [3.8, 4) is 11.4 Å². The number of carboxylic acid groups (broad SMARTS) is 1. The lowest BCUT2D eigenvalue weighted by Gasteiger charge is -2.13. The van der Waals surface area contributed by atoms with Crippen molar-refractivity contribution in [1.29, 1.82) is 0 Å². The fourth-order valence-corrected chi connectivity index (χ4v) is 2.88. The van der Waals surface area contributed by atoms with Gasteiger partial charge in [-0.3, -0.25) is 4.79 Å². The molecule has 1 unspecified atom stereocenters. The highest BCUT2D eigenvalue weighted by Crippen LogP contribution is 2.29. The quantitative estimate of drug-likeness (QED) is 0.840. The van der Waals surface area contributed by atoms with Crippen molar-refractivity contribution >= 4 is 33.5 Å². The average Bonchev–Trinajstić information content (AvgIpc) is 2.85. The summed E-state index contributed by atoms with van der Waals surface area (Å²) in [7, 11) is 0. The van der Waals surface area contributed by atoms with E-state index >= 15 is 0 Å². The number of halogens is 2. The summed E-state index contributed by atoms with van der Waals surface area (Å²) in [5.74, 6) is -0.248. The zero-order chi connectivity index (χ0) is 15.4. The third-order valence-corrected chi connectivity index (χ3v) is 4.07. The molecule has 8 heteroatoms. The molecule has 21 heavy (non-hydrogen) atoms.